The Morgan fingerprint density at radius 3 is 2.55 bits per heavy atom. The fourth-order valence-electron chi connectivity index (χ4n) is 3.00. The number of anilines is 1. The van der Waals surface area contributed by atoms with Crippen molar-refractivity contribution in [3.05, 3.63) is 82.5 Å². The lowest BCUT2D eigenvalue weighted by atomic mass is 10.1. The molecule has 0 saturated carbocycles. The van der Waals surface area contributed by atoms with Crippen LogP contribution in [0.3, 0.4) is 0 Å². The van der Waals surface area contributed by atoms with Crippen LogP contribution in [0.2, 0.25) is 0 Å². The number of aryl methyl sites for hydroxylation is 1. The number of nitrogens with zero attached hydrogens (tertiary/aromatic N) is 4. The van der Waals surface area contributed by atoms with Gasteiger partial charge in [-0.15, -0.1) is 5.10 Å². The first-order valence-corrected chi connectivity index (χ1v) is 9.51. The second-order valence-corrected chi connectivity index (χ2v) is 6.92. The Kier molecular flexibility index (Phi) is 5.31. The van der Waals surface area contributed by atoms with E-state index in [0.717, 1.165) is 10.2 Å². The molecule has 0 aliphatic carbocycles. The molecule has 2 aromatic carbocycles. The molecule has 0 atom stereocenters. The molecule has 9 heteroatoms. The topological polar surface area (TPSA) is 108 Å². The number of ether oxygens (including phenoxy) is 1. The molecule has 31 heavy (non-hydrogen) atoms. The highest BCUT2D eigenvalue weighted by molar-refractivity contribution is 5.95. The smallest absolute Gasteiger partial charge is 0.351 e. The highest BCUT2D eigenvalue weighted by atomic mass is 16.5. The quantitative estimate of drug-likeness (QED) is 0.484. The first-order chi connectivity index (χ1) is 14.9. The molecule has 0 bridgehead atoms. The molecule has 0 spiro atoms. The van der Waals surface area contributed by atoms with Crippen LogP contribution in [0.1, 0.15) is 22.8 Å². The molecule has 0 fully saturated rings. The van der Waals surface area contributed by atoms with Crippen LogP contribution in [0.4, 0.5) is 5.69 Å². The van der Waals surface area contributed by atoms with Gasteiger partial charge in [-0.05, 0) is 49.7 Å². The van der Waals surface area contributed by atoms with Gasteiger partial charge in [0.1, 0.15) is 12.3 Å². The number of hydrogen-bond donors (Lipinski definition) is 1. The first kappa shape index (κ1) is 20.0. The Morgan fingerprint density at radius 2 is 1.84 bits per heavy atom. The maximum atomic E-state index is 12.7. The summed E-state index contributed by atoms with van der Waals surface area (Å²) in [5.74, 6) is 0.256. The van der Waals surface area contributed by atoms with Gasteiger partial charge < -0.3 is 10.1 Å². The minimum absolute atomic E-state index is 0.0635. The van der Waals surface area contributed by atoms with Crippen molar-refractivity contribution in [3.63, 3.8) is 0 Å². The number of hydrogen-bond acceptors (Lipinski definition) is 6. The molecule has 1 N–H and O–H groups in total. The number of Topliss-reactive ketones (excluding diaryl/α,β-unsaturated/α-hetero) is 1. The largest absolute Gasteiger partial charge is 0.436 e. The lowest BCUT2D eigenvalue weighted by molar-refractivity contribution is -0.117. The molecule has 2 heterocycles. The summed E-state index contributed by atoms with van der Waals surface area (Å²) in [6, 6.07) is 13.9. The Balaban J connectivity index is 1.56. The molecular formula is C22H19N5O4. The average Bonchev–Trinajstić information content (AvgIpc) is 3.06. The van der Waals surface area contributed by atoms with Gasteiger partial charge in [-0.25, -0.2) is 18.9 Å². The van der Waals surface area contributed by atoms with Crippen molar-refractivity contribution < 1.29 is 14.3 Å². The maximum Gasteiger partial charge on any atom is 0.351 e. The monoisotopic (exact) mass is 417 g/mol. The van der Waals surface area contributed by atoms with Crippen LogP contribution < -0.4 is 15.7 Å². The predicted molar refractivity (Wildman–Crippen MR) is 114 cm³/mol. The van der Waals surface area contributed by atoms with Gasteiger partial charge in [0.25, 0.3) is 5.88 Å². The molecule has 2 aromatic heterocycles. The molecule has 9 nitrogen and oxygen atoms in total. The van der Waals surface area contributed by atoms with Gasteiger partial charge in [-0.1, -0.05) is 18.2 Å². The van der Waals surface area contributed by atoms with Crippen LogP contribution in [0.25, 0.3) is 5.65 Å². The third-order valence-electron chi connectivity index (χ3n) is 4.64. The highest BCUT2D eigenvalue weighted by Gasteiger charge is 2.16. The van der Waals surface area contributed by atoms with Crippen molar-refractivity contribution in [2.24, 2.45) is 0 Å². The van der Waals surface area contributed by atoms with Gasteiger partial charge in [0.2, 0.25) is 11.6 Å². The molecule has 0 radical (unpaired) electrons. The third-order valence-corrected chi connectivity index (χ3v) is 4.64. The molecule has 0 aliphatic rings. The number of amides is 1. The summed E-state index contributed by atoms with van der Waals surface area (Å²) in [6.45, 7) is 3.07. The maximum absolute atomic E-state index is 12.7. The Hall–Kier alpha value is -4.27. The van der Waals surface area contributed by atoms with E-state index in [1.54, 1.807) is 30.3 Å². The van der Waals surface area contributed by atoms with E-state index < -0.39 is 11.6 Å². The fraction of sp³-hybridized carbons (Fsp3) is 0.136. The normalized spacial score (nSPS) is 10.8. The zero-order chi connectivity index (χ0) is 22.0. The summed E-state index contributed by atoms with van der Waals surface area (Å²) in [7, 11) is 0. The van der Waals surface area contributed by atoms with Crippen LogP contribution in [0.5, 0.6) is 11.6 Å². The molecule has 4 rings (SSSR count). The van der Waals surface area contributed by atoms with Crippen LogP contribution >= 0.6 is 0 Å². The summed E-state index contributed by atoms with van der Waals surface area (Å²) in [5, 5.41) is 6.92. The third kappa shape index (κ3) is 4.20. The van der Waals surface area contributed by atoms with Crippen molar-refractivity contribution in [3.8, 4) is 11.6 Å². The number of carbonyl (C=O) groups excluding carboxylic acids is 2. The van der Waals surface area contributed by atoms with E-state index in [1.165, 1.54) is 23.7 Å². The Labute approximate surface area is 176 Å². The predicted octanol–water partition coefficient (Wildman–Crippen LogP) is 2.83. The van der Waals surface area contributed by atoms with E-state index in [-0.39, 0.29) is 23.9 Å². The van der Waals surface area contributed by atoms with E-state index in [2.05, 4.69) is 15.4 Å². The first-order valence-electron chi connectivity index (χ1n) is 9.51. The molecule has 0 aliphatic heterocycles. The van der Waals surface area contributed by atoms with E-state index in [4.69, 9.17) is 4.74 Å². The average molecular weight is 417 g/mol. The molecule has 0 saturated heterocycles. The van der Waals surface area contributed by atoms with Gasteiger partial charge in [0, 0.05) is 23.6 Å². The summed E-state index contributed by atoms with van der Waals surface area (Å²) >= 11 is 0. The lowest BCUT2D eigenvalue weighted by Crippen LogP contribution is -2.28. The van der Waals surface area contributed by atoms with E-state index >= 15 is 0 Å². The van der Waals surface area contributed by atoms with E-state index in [0.29, 0.717) is 17.0 Å². The van der Waals surface area contributed by atoms with Gasteiger partial charge in [-0.2, -0.15) is 0 Å². The zero-order valence-corrected chi connectivity index (χ0v) is 16.9. The van der Waals surface area contributed by atoms with Crippen LogP contribution in [-0.2, 0) is 11.3 Å². The SMILES string of the molecule is CC(=O)c1ccc(NC(=O)Cn2nc3c(Oc4ccccc4C)nccn3c2=O)cc1. The van der Waals surface area contributed by atoms with Gasteiger partial charge >= 0.3 is 5.69 Å². The van der Waals surface area contributed by atoms with Crippen LogP contribution in [-0.4, -0.2) is 30.9 Å². The van der Waals surface area contributed by atoms with Crippen molar-refractivity contribution in [2.75, 3.05) is 5.32 Å². The van der Waals surface area contributed by atoms with Crippen LogP contribution in [0, 0.1) is 6.92 Å². The Morgan fingerprint density at radius 1 is 1.10 bits per heavy atom. The summed E-state index contributed by atoms with van der Waals surface area (Å²) < 4.78 is 8.16. The molecule has 156 valence electrons. The number of benzene rings is 2. The number of fused-ring (bicyclic) bond motifs is 1. The van der Waals surface area contributed by atoms with E-state index in [9.17, 15) is 14.4 Å². The van der Waals surface area contributed by atoms with Crippen LogP contribution in [0.15, 0.2) is 65.7 Å². The van der Waals surface area contributed by atoms with Gasteiger partial charge in [-0.3, -0.25) is 9.59 Å². The van der Waals surface area contributed by atoms with Crippen molar-refractivity contribution in [1.82, 2.24) is 19.2 Å². The molecule has 4 aromatic rings. The van der Waals surface area contributed by atoms with Gasteiger partial charge in [0.05, 0.1) is 0 Å². The number of nitrogens with one attached hydrogen (secondary N) is 1. The second-order valence-electron chi connectivity index (χ2n) is 6.92. The van der Waals surface area contributed by atoms with Gasteiger partial charge in [0.15, 0.2) is 5.78 Å². The van der Waals surface area contributed by atoms with Crippen molar-refractivity contribution in [1.29, 1.82) is 0 Å². The lowest BCUT2D eigenvalue weighted by Gasteiger charge is -2.07. The van der Waals surface area contributed by atoms with E-state index in [1.807, 2.05) is 25.1 Å². The summed E-state index contributed by atoms with van der Waals surface area (Å²) in [6.07, 6.45) is 2.90. The number of rotatable bonds is 6. The molecular weight excluding hydrogens is 398 g/mol. The fourth-order valence-corrected chi connectivity index (χ4v) is 3.00. The molecule has 0 unspecified atom stereocenters. The zero-order valence-electron chi connectivity index (χ0n) is 16.9. The Bertz CT molecular complexity index is 1340. The minimum Gasteiger partial charge on any atom is -0.436 e. The number of ketones is 1. The van der Waals surface area contributed by atoms with Crippen molar-refractivity contribution >= 4 is 23.0 Å². The summed E-state index contributed by atoms with van der Waals surface area (Å²) in [4.78, 5) is 40.6. The number of aromatic nitrogens is 4. The van der Waals surface area contributed by atoms with Crippen molar-refractivity contribution in [2.45, 2.75) is 20.4 Å². The number of carbonyl (C=O) groups is 2. The minimum atomic E-state index is -0.492. The highest BCUT2D eigenvalue weighted by Crippen LogP contribution is 2.24. The number of para-hydroxylation sites is 1. The second kappa shape index (κ2) is 8.23. The standard InChI is InChI=1S/C22H19N5O4/c1-14-5-3-4-6-18(14)31-21-20-25-27(22(30)26(20)12-11-23-21)13-19(29)24-17-9-7-16(8-10-17)15(2)28/h3-12H,13H2,1-2H3,(H,24,29). The summed E-state index contributed by atoms with van der Waals surface area (Å²) in [5.41, 5.74) is 1.67. The molecule has 1 amide bonds.